The molecule has 0 bridgehead atoms. The van der Waals surface area contributed by atoms with Crippen molar-refractivity contribution in [2.75, 3.05) is 12.8 Å². The van der Waals surface area contributed by atoms with Gasteiger partial charge in [0.05, 0.1) is 12.0 Å². The third kappa shape index (κ3) is 3.09. The third-order valence-electron chi connectivity index (χ3n) is 2.70. The van der Waals surface area contributed by atoms with Gasteiger partial charge < -0.3 is 10.5 Å². The molecule has 0 aliphatic heterocycles. The zero-order valence-corrected chi connectivity index (χ0v) is 11.7. The van der Waals surface area contributed by atoms with Crippen molar-refractivity contribution >= 4 is 23.2 Å². The van der Waals surface area contributed by atoms with E-state index < -0.39 is 0 Å². The van der Waals surface area contributed by atoms with Gasteiger partial charge in [-0.15, -0.1) is 0 Å². The van der Waals surface area contributed by atoms with Gasteiger partial charge in [-0.3, -0.25) is 4.79 Å². The smallest absolute Gasteiger partial charge is 0.161 e. The van der Waals surface area contributed by atoms with Crippen molar-refractivity contribution in [1.29, 1.82) is 0 Å². The summed E-state index contributed by atoms with van der Waals surface area (Å²) in [6, 6.07) is 13.2. The van der Waals surface area contributed by atoms with Gasteiger partial charge in [0.2, 0.25) is 0 Å². The maximum absolute atomic E-state index is 11.3. The van der Waals surface area contributed by atoms with Crippen LogP contribution in [0.4, 0.5) is 5.69 Å². The quantitative estimate of drug-likeness (QED) is 0.682. The van der Waals surface area contributed by atoms with Crippen LogP contribution in [0.25, 0.3) is 0 Å². The number of nitrogens with two attached hydrogens (primary N) is 1. The summed E-state index contributed by atoms with van der Waals surface area (Å²) in [5, 5.41) is 0. The molecule has 0 fully saturated rings. The predicted octanol–water partition coefficient (Wildman–Crippen LogP) is 3.63. The summed E-state index contributed by atoms with van der Waals surface area (Å²) < 4.78 is 5.30. The first-order chi connectivity index (χ1) is 9.11. The molecule has 19 heavy (non-hydrogen) atoms. The van der Waals surface area contributed by atoms with E-state index in [4.69, 9.17) is 10.5 Å². The summed E-state index contributed by atoms with van der Waals surface area (Å²) in [6.07, 6.45) is 0. The monoisotopic (exact) mass is 273 g/mol. The molecule has 0 spiro atoms. The van der Waals surface area contributed by atoms with Crippen LogP contribution < -0.4 is 10.5 Å². The first-order valence-corrected chi connectivity index (χ1v) is 6.65. The number of ketones is 1. The maximum Gasteiger partial charge on any atom is 0.161 e. The van der Waals surface area contributed by atoms with Crippen molar-refractivity contribution in [3.63, 3.8) is 0 Å². The molecule has 0 aliphatic rings. The van der Waals surface area contributed by atoms with E-state index in [0.29, 0.717) is 11.3 Å². The largest absolute Gasteiger partial charge is 0.496 e. The highest BCUT2D eigenvalue weighted by Gasteiger charge is 2.08. The van der Waals surface area contributed by atoms with E-state index in [9.17, 15) is 4.79 Å². The van der Waals surface area contributed by atoms with Crippen molar-refractivity contribution in [3.8, 4) is 5.75 Å². The minimum absolute atomic E-state index is 0.0219. The van der Waals surface area contributed by atoms with E-state index in [1.54, 1.807) is 24.9 Å². The summed E-state index contributed by atoms with van der Waals surface area (Å²) in [6.45, 7) is 1.51. The van der Waals surface area contributed by atoms with Gasteiger partial charge >= 0.3 is 0 Å². The van der Waals surface area contributed by atoms with Crippen molar-refractivity contribution in [3.05, 3.63) is 48.0 Å². The second-order valence-corrected chi connectivity index (χ2v) is 5.17. The Bertz CT molecular complexity index is 611. The van der Waals surface area contributed by atoms with Crippen LogP contribution in [0.1, 0.15) is 17.3 Å². The minimum atomic E-state index is -0.0219. The summed E-state index contributed by atoms with van der Waals surface area (Å²) in [4.78, 5) is 13.3. The van der Waals surface area contributed by atoms with Crippen molar-refractivity contribution in [1.82, 2.24) is 0 Å². The summed E-state index contributed by atoms with van der Waals surface area (Å²) >= 11 is 1.56. The highest BCUT2D eigenvalue weighted by atomic mass is 32.2. The molecule has 0 saturated carbocycles. The number of hydrogen-bond donors (Lipinski definition) is 1. The number of nitrogen functional groups attached to an aromatic ring is 1. The normalized spacial score (nSPS) is 10.2. The average molecular weight is 273 g/mol. The van der Waals surface area contributed by atoms with Gasteiger partial charge in [0.1, 0.15) is 5.75 Å². The summed E-state index contributed by atoms with van der Waals surface area (Å²) in [7, 11) is 1.65. The molecule has 0 radical (unpaired) electrons. The van der Waals surface area contributed by atoms with Crippen LogP contribution in [0.2, 0.25) is 0 Å². The number of anilines is 1. The van der Waals surface area contributed by atoms with Crippen LogP contribution in [0, 0.1) is 0 Å². The first kappa shape index (κ1) is 13.5. The van der Waals surface area contributed by atoms with E-state index in [2.05, 4.69) is 0 Å². The SMILES string of the molecule is COc1ccccc1Sc1ccc(C(C)=O)c(N)c1. The van der Waals surface area contributed by atoms with Crippen LogP contribution in [0.5, 0.6) is 5.75 Å². The van der Waals surface area contributed by atoms with Crippen molar-refractivity contribution < 1.29 is 9.53 Å². The van der Waals surface area contributed by atoms with Gasteiger partial charge in [-0.25, -0.2) is 0 Å². The lowest BCUT2D eigenvalue weighted by atomic mass is 10.1. The molecule has 98 valence electrons. The lowest BCUT2D eigenvalue weighted by Gasteiger charge is -2.09. The lowest BCUT2D eigenvalue weighted by molar-refractivity contribution is 0.101. The molecule has 4 heteroatoms. The topological polar surface area (TPSA) is 52.3 Å². The molecule has 0 atom stereocenters. The predicted molar refractivity (Wildman–Crippen MR) is 78.0 cm³/mol. The fraction of sp³-hybridized carbons (Fsp3) is 0.133. The zero-order valence-electron chi connectivity index (χ0n) is 10.8. The molecule has 2 rings (SSSR count). The second-order valence-electron chi connectivity index (χ2n) is 4.06. The molecule has 2 aromatic carbocycles. The van der Waals surface area contributed by atoms with E-state index in [-0.39, 0.29) is 5.78 Å². The first-order valence-electron chi connectivity index (χ1n) is 5.83. The van der Waals surface area contributed by atoms with E-state index in [0.717, 1.165) is 15.5 Å². The molecule has 0 aliphatic carbocycles. The second kappa shape index (κ2) is 5.80. The maximum atomic E-state index is 11.3. The number of ether oxygens (including phenoxy) is 1. The molecular formula is C15H15NO2S. The number of methoxy groups -OCH3 is 1. The molecule has 0 aromatic heterocycles. The Kier molecular flexibility index (Phi) is 4.12. The average Bonchev–Trinajstić information content (AvgIpc) is 2.39. The number of para-hydroxylation sites is 1. The van der Waals surface area contributed by atoms with Crippen molar-refractivity contribution in [2.24, 2.45) is 0 Å². The van der Waals surface area contributed by atoms with Crippen LogP contribution in [0.3, 0.4) is 0 Å². The molecular weight excluding hydrogens is 258 g/mol. The number of carbonyl (C=O) groups excluding carboxylic acids is 1. The van der Waals surface area contributed by atoms with Crippen molar-refractivity contribution in [2.45, 2.75) is 16.7 Å². The van der Waals surface area contributed by atoms with E-state index in [1.165, 1.54) is 6.92 Å². The zero-order chi connectivity index (χ0) is 13.8. The van der Waals surface area contributed by atoms with E-state index in [1.807, 2.05) is 36.4 Å². The standard InChI is InChI=1S/C15H15NO2S/c1-10(17)12-8-7-11(9-13(12)16)19-15-6-4-3-5-14(15)18-2/h3-9H,16H2,1-2H3. The van der Waals surface area contributed by atoms with Gasteiger partial charge in [0.25, 0.3) is 0 Å². The Morgan fingerprint density at radius 2 is 1.95 bits per heavy atom. The molecule has 3 nitrogen and oxygen atoms in total. The number of hydrogen-bond acceptors (Lipinski definition) is 4. The van der Waals surface area contributed by atoms with Gasteiger partial charge in [-0.05, 0) is 37.3 Å². The van der Waals surface area contributed by atoms with Gasteiger partial charge in [0, 0.05) is 16.1 Å². The molecule has 0 unspecified atom stereocenters. The molecule has 0 amide bonds. The van der Waals surface area contributed by atoms with Gasteiger partial charge in [-0.2, -0.15) is 0 Å². The van der Waals surface area contributed by atoms with Gasteiger partial charge in [-0.1, -0.05) is 23.9 Å². The van der Waals surface area contributed by atoms with Crippen LogP contribution in [0.15, 0.2) is 52.3 Å². The number of Topliss-reactive ketones (excluding diaryl/α,β-unsaturated/α-hetero) is 1. The highest BCUT2D eigenvalue weighted by Crippen LogP contribution is 2.35. The molecule has 2 N–H and O–H groups in total. The minimum Gasteiger partial charge on any atom is -0.496 e. The molecule has 0 saturated heterocycles. The van der Waals surface area contributed by atoms with Crippen LogP contribution in [-0.4, -0.2) is 12.9 Å². The third-order valence-corrected chi connectivity index (χ3v) is 3.75. The lowest BCUT2D eigenvalue weighted by Crippen LogP contribution is -1.99. The number of carbonyl (C=O) groups is 1. The summed E-state index contributed by atoms with van der Waals surface area (Å²) in [5.74, 6) is 0.799. The highest BCUT2D eigenvalue weighted by molar-refractivity contribution is 7.99. The molecule has 0 heterocycles. The Balaban J connectivity index is 2.29. The fourth-order valence-electron chi connectivity index (χ4n) is 1.76. The fourth-order valence-corrected chi connectivity index (χ4v) is 2.73. The summed E-state index contributed by atoms with van der Waals surface area (Å²) in [5.41, 5.74) is 6.95. The Labute approximate surface area is 116 Å². The van der Waals surface area contributed by atoms with Crippen LogP contribution in [-0.2, 0) is 0 Å². The number of benzene rings is 2. The molecule has 2 aromatic rings. The Morgan fingerprint density at radius 1 is 1.21 bits per heavy atom. The van der Waals surface area contributed by atoms with E-state index >= 15 is 0 Å². The Hall–Kier alpha value is -1.94. The van der Waals surface area contributed by atoms with Gasteiger partial charge in [0.15, 0.2) is 5.78 Å². The Morgan fingerprint density at radius 3 is 2.58 bits per heavy atom. The number of rotatable bonds is 4. The van der Waals surface area contributed by atoms with Crippen LogP contribution >= 0.6 is 11.8 Å².